The van der Waals surface area contributed by atoms with E-state index in [4.69, 9.17) is 0 Å². The van der Waals surface area contributed by atoms with E-state index in [2.05, 4.69) is 47.8 Å². The van der Waals surface area contributed by atoms with Crippen LogP contribution in [0.3, 0.4) is 0 Å². The number of nitrogens with zero attached hydrogens (tertiary/aromatic N) is 1. The van der Waals surface area contributed by atoms with E-state index in [1.165, 1.54) is 37.9 Å². The topological polar surface area (TPSA) is 15.3 Å². The highest BCUT2D eigenvalue weighted by Gasteiger charge is 2.29. The lowest BCUT2D eigenvalue weighted by atomic mass is 9.98. The normalized spacial score (nSPS) is 30.3. The van der Waals surface area contributed by atoms with E-state index < -0.39 is 0 Å². The Hall–Kier alpha value is -0.380. The number of rotatable bonds is 4. The summed E-state index contributed by atoms with van der Waals surface area (Å²) in [6, 6.07) is 2.95. The molecule has 3 heteroatoms. The quantitative estimate of drug-likeness (QED) is 0.900. The Morgan fingerprint density at radius 1 is 1.56 bits per heavy atom. The maximum Gasteiger partial charge on any atom is 0.0277 e. The molecule has 0 aromatic carbocycles. The van der Waals surface area contributed by atoms with Crippen molar-refractivity contribution >= 4 is 11.3 Å². The third-order valence-corrected chi connectivity index (χ3v) is 5.07. The van der Waals surface area contributed by atoms with Gasteiger partial charge in [0.15, 0.2) is 0 Å². The molecule has 2 unspecified atom stereocenters. The molecule has 1 aromatic rings. The maximum atomic E-state index is 3.72. The first-order valence-electron chi connectivity index (χ1n) is 7.13. The van der Waals surface area contributed by atoms with Crippen molar-refractivity contribution in [3.8, 4) is 0 Å². The van der Waals surface area contributed by atoms with Gasteiger partial charge in [-0.25, -0.2) is 0 Å². The highest BCUT2D eigenvalue weighted by Crippen LogP contribution is 2.19. The zero-order chi connectivity index (χ0) is 13.0. The lowest BCUT2D eigenvalue weighted by Crippen LogP contribution is -2.49. The lowest BCUT2D eigenvalue weighted by Gasteiger charge is -2.34. The summed E-state index contributed by atoms with van der Waals surface area (Å²) in [6.45, 7) is 10.5. The Morgan fingerprint density at radius 2 is 2.39 bits per heavy atom. The van der Waals surface area contributed by atoms with Crippen LogP contribution in [0.1, 0.15) is 39.2 Å². The van der Waals surface area contributed by atoms with Crippen LogP contribution in [0.15, 0.2) is 16.8 Å². The van der Waals surface area contributed by atoms with Gasteiger partial charge in [0.25, 0.3) is 0 Å². The molecular formula is C15H26N2S. The van der Waals surface area contributed by atoms with Crippen LogP contribution in [0.5, 0.6) is 0 Å². The van der Waals surface area contributed by atoms with E-state index in [1.807, 2.05) is 0 Å². The minimum absolute atomic E-state index is 0.291. The molecule has 0 amide bonds. The first-order valence-corrected chi connectivity index (χ1v) is 8.07. The molecule has 1 aliphatic rings. The van der Waals surface area contributed by atoms with Crippen LogP contribution >= 0.6 is 11.3 Å². The zero-order valence-electron chi connectivity index (χ0n) is 11.9. The van der Waals surface area contributed by atoms with Crippen molar-refractivity contribution in [3.05, 3.63) is 22.4 Å². The van der Waals surface area contributed by atoms with Gasteiger partial charge in [-0.2, -0.15) is 11.3 Å². The molecule has 18 heavy (non-hydrogen) atoms. The van der Waals surface area contributed by atoms with Crippen molar-refractivity contribution in [2.75, 3.05) is 19.6 Å². The lowest BCUT2D eigenvalue weighted by molar-refractivity contribution is 0.173. The SMILES string of the molecule is CCC1(C)CN(CCc2ccsc2)C(C)CCN1. The van der Waals surface area contributed by atoms with Crippen molar-refractivity contribution in [3.63, 3.8) is 0 Å². The minimum atomic E-state index is 0.291. The smallest absolute Gasteiger partial charge is 0.0277 e. The second kappa shape index (κ2) is 6.18. The van der Waals surface area contributed by atoms with Crippen LogP contribution in [0, 0.1) is 0 Å². The summed E-state index contributed by atoms with van der Waals surface area (Å²) in [4.78, 5) is 2.67. The average Bonchev–Trinajstić information content (AvgIpc) is 2.82. The second-order valence-corrected chi connectivity index (χ2v) is 6.61. The van der Waals surface area contributed by atoms with Crippen molar-refractivity contribution in [2.24, 2.45) is 0 Å². The molecule has 0 radical (unpaired) electrons. The molecule has 0 bridgehead atoms. The first kappa shape index (κ1) is 14.0. The molecule has 2 nitrogen and oxygen atoms in total. The largest absolute Gasteiger partial charge is 0.310 e. The number of hydrogen-bond donors (Lipinski definition) is 1. The van der Waals surface area contributed by atoms with E-state index in [9.17, 15) is 0 Å². The van der Waals surface area contributed by atoms with E-state index in [0.29, 0.717) is 11.6 Å². The summed E-state index contributed by atoms with van der Waals surface area (Å²) in [5.74, 6) is 0. The highest BCUT2D eigenvalue weighted by molar-refractivity contribution is 7.07. The van der Waals surface area contributed by atoms with Gasteiger partial charge in [0, 0.05) is 24.7 Å². The Kier molecular flexibility index (Phi) is 4.82. The fourth-order valence-corrected chi connectivity index (χ4v) is 3.37. The second-order valence-electron chi connectivity index (χ2n) is 5.83. The summed E-state index contributed by atoms with van der Waals surface area (Å²) in [5.41, 5.74) is 1.78. The Labute approximate surface area is 115 Å². The molecule has 2 heterocycles. The molecular weight excluding hydrogens is 240 g/mol. The van der Waals surface area contributed by atoms with Gasteiger partial charge in [0.1, 0.15) is 0 Å². The van der Waals surface area contributed by atoms with E-state index in [-0.39, 0.29) is 0 Å². The van der Waals surface area contributed by atoms with Crippen LogP contribution in [0.25, 0.3) is 0 Å². The molecule has 0 spiro atoms. The summed E-state index contributed by atoms with van der Waals surface area (Å²) in [7, 11) is 0. The van der Waals surface area contributed by atoms with Crippen molar-refractivity contribution in [1.29, 1.82) is 0 Å². The summed E-state index contributed by atoms with van der Waals surface area (Å²) in [5, 5.41) is 8.18. The first-order chi connectivity index (χ1) is 8.63. The van der Waals surface area contributed by atoms with Crippen molar-refractivity contribution < 1.29 is 0 Å². The molecule has 0 aliphatic carbocycles. The maximum absolute atomic E-state index is 3.72. The molecule has 1 aliphatic heterocycles. The van der Waals surface area contributed by atoms with Crippen LogP contribution < -0.4 is 5.32 Å². The van der Waals surface area contributed by atoms with Crippen molar-refractivity contribution in [2.45, 2.75) is 51.6 Å². The van der Waals surface area contributed by atoms with Gasteiger partial charge in [-0.05, 0) is 62.0 Å². The van der Waals surface area contributed by atoms with Crippen molar-refractivity contribution in [1.82, 2.24) is 10.2 Å². The fourth-order valence-electron chi connectivity index (χ4n) is 2.67. The van der Waals surface area contributed by atoms with Crippen LogP contribution in [0.4, 0.5) is 0 Å². The van der Waals surface area contributed by atoms with Crippen LogP contribution in [-0.4, -0.2) is 36.1 Å². The summed E-state index contributed by atoms with van der Waals surface area (Å²) >= 11 is 1.80. The Bertz CT molecular complexity index is 349. The number of thiophene rings is 1. The fraction of sp³-hybridized carbons (Fsp3) is 0.733. The van der Waals surface area contributed by atoms with Gasteiger partial charge in [0.05, 0.1) is 0 Å². The molecule has 0 saturated carbocycles. The van der Waals surface area contributed by atoms with Gasteiger partial charge in [-0.1, -0.05) is 6.92 Å². The predicted octanol–water partition coefficient (Wildman–Crippen LogP) is 3.14. The van der Waals surface area contributed by atoms with Gasteiger partial charge < -0.3 is 5.32 Å². The van der Waals surface area contributed by atoms with Gasteiger partial charge in [-0.15, -0.1) is 0 Å². The third-order valence-electron chi connectivity index (χ3n) is 4.34. The molecule has 1 saturated heterocycles. The Morgan fingerprint density at radius 3 is 3.06 bits per heavy atom. The molecule has 1 N–H and O–H groups in total. The van der Waals surface area contributed by atoms with Gasteiger partial charge in [-0.3, -0.25) is 4.90 Å². The minimum Gasteiger partial charge on any atom is -0.310 e. The van der Waals surface area contributed by atoms with Crippen LogP contribution in [0.2, 0.25) is 0 Å². The Balaban J connectivity index is 1.95. The predicted molar refractivity (Wildman–Crippen MR) is 80.4 cm³/mol. The molecule has 1 aromatic heterocycles. The number of hydrogen-bond acceptors (Lipinski definition) is 3. The van der Waals surface area contributed by atoms with Crippen LogP contribution in [-0.2, 0) is 6.42 Å². The number of nitrogens with one attached hydrogen (secondary N) is 1. The third kappa shape index (κ3) is 3.56. The van der Waals surface area contributed by atoms with E-state index in [1.54, 1.807) is 11.3 Å². The van der Waals surface area contributed by atoms with E-state index >= 15 is 0 Å². The molecule has 2 atom stereocenters. The monoisotopic (exact) mass is 266 g/mol. The zero-order valence-corrected chi connectivity index (χ0v) is 12.7. The summed E-state index contributed by atoms with van der Waals surface area (Å²) < 4.78 is 0. The molecule has 1 fully saturated rings. The highest BCUT2D eigenvalue weighted by atomic mass is 32.1. The van der Waals surface area contributed by atoms with Gasteiger partial charge >= 0.3 is 0 Å². The standard InChI is InChI=1S/C15H26N2S/c1-4-15(3)12-17(13(2)5-8-16-15)9-6-14-7-10-18-11-14/h7,10-11,13,16H,4-6,8-9,12H2,1-3H3. The average molecular weight is 266 g/mol. The van der Waals surface area contributed by atoms with Gasteiger partial charge in [0.2, 0.25) is 0 Å². The molecule has 2 rings (SSSR count). The summed E-state index contributed by atoms with van der Waals surface area (Å²) in [6.07, 6.45) is 3.65. The van der Waals surface area contributed by atoms with E-state index in [0.717, 1.165) is 6.54 Å². The molecule has 102 valence electrons.